The van der Waals surface area contributed by atoms with E-state index in [9.17, 15) is 5.11 Å². The number of nitrogens with zero attached hydrogens (tertiary/aromatic N) is 5. The number of piperidine rings is 1. The third kappa shape index (κ3) is 3.02. The summed E-state index contributed by atoms with van der Waals surface area (Å²) in [6, 6.07) is 5.98. The second-order valence-electron chi connectivity index (χ2n) is 7.23. The first-order chi connectivity index (χ1) is 13.3. The average Bonchev–Trinajstić information content (AvgIpc) is 3.38. The van der Waals surface area contributed by atoms with Crippen LogP contribution in [0.1, 0.15) is 12.8 Å². The average molecular weight is 363 g/mol. The zero-order valence-electron chi connectivity index (χ0n) is 14.8. The summed E-state index contributed by atoms with van der Waals surface area (Å²) < 4.78 is 0. The van der Waals surface area contributed by atoms with Crippen molar-refractivity contribution in [3.05, 3.63) is 36.8 Å². The van der Waals surface area contributed by atoms with Gasteiger partial charge in [0.15, 0.2) is 0 Å². The Bertz CT molecular complexity index is 912. The van der Waals surface area contributed by atoms with Crippen molar-refractivity contribution < 1.29 is 5.11 Å². The highest BCUT2D eigenvalue weighted by Crippen LogP contribution is 2.32. The van der Waals surface area contributed by atoms with E-state index < -0.39 is 0 Å². The number of benzene rings is 1. The van der Waals surface area contributed by atoms with E-state index in [4.69, 9.17) is 0 Å². The van der Waals surface area contributed by atoms with Gasteiger partial charge in [0.1, 0.15) is 11.4 Å². The number of fused-ring (bicyclic) bond motifs is 1. The number of hydrogen-bond donors (Lipinski definition) is 3. The summed E-state index contributed by atoms with van der Waals surface area (Å²) in [4.78, 5) is 6.71. The summed E-state index contributed by atoms with van der Waals surface area (Å²) in [5, 5.41) is 29.3. The molecule has 2 aliphatic rings. The summed E-state index contributed by atoms with van der Waals surface area (Å²) in [6.45, 7) is 3.00. The summed E-state index contributed by atoms with van der Waals surface area (Å²) in [5.41, 5.74) is 2.98. The van der Waals surface area contributed by atoms with Gasteiger partial charge in [0.05, 0.1) is 12.4 Å². The normalized spacial score (nSPS) is 22.0. The quantitative estimate of drug-likeness (QED) is 0.652. The first-order valence-corrected chi connectivity index (χ1v) is 9.28. The molecule has 5 rings (SSSR count). The maximum Gasteiger partial charge on any atom is 0.245 e. The number of rotatable bonds is 3. The molecule has 1 aromatic carbocycles. The number of anilines is 1. The van der Waals surface area contributed by atoms with Crippen LogP contribution in [0.4, 0.5) is 5.95 Å². The molecule has 8 heteroatoms. The molecule has 0 radical (unpaired) electrons. The van der Waals surface area contributed by atoms with Crippen molar-refractivity contribution in [2.75, 3.05) is 24.5 Å². The molecular formula is C19H21N7O. The topological polar surface area (TPSA) is 103 Å². The van der Waals surface area contributed by atoms with Crippen LogP contribution in [-0.2, 0) is 0 Å². The first-order valence-electron chi connectivity index (χ1n) is 9.28. The Hall–Kier alpha value is -3.00. The number of aromatic nitrogens is 5. The molecule has 27 heavy (non-hydrogen) atoms. The number of phenolic OH excluding ortho intramolecular Hbond substituents is 1. The Balaban J connectivity index is 1.36. The largest absolute Gasteiger partial charge is 0.507 e. The Morgan fingerprint density at radius 1 is 1.11 bits per heavy atom. The predicted octanol–water partition coefficient (Wildman–Crippen LogP) is 1.82. The lowest BCUT2D eigenvalue weighted by Crippen LogP contribution is -2.40. The molecule has 2 fully saturated rings. The number of phenols is 1. The number of H-pyrrole nitrogens is 1. The highest BCUT2D eigenvalue weighted by atomic mass is 16.3. The van der Waals surface area contributed by atoms with Crippen LogP contribution in [0.5, 0.6) is 5.75 Å². The molecule has 2 atom stereocenters. The molecule has 0 unspecified atom stereocenters. The van der Waals surface area contributed by atoms with Crippen molar-refractivity contribution in [2.24, 2.45) is 5.92 Å². The van der Waals surface area contributed by atoms with Crippen LogP contribution in [0.2, 0.25) is 0 Å². The zero-order valence-corrected chi connectivity index (χ0v) is 14.8. The zero-order chi connectivity index (χ0) is 18.2. The van der Waals surface area contributed by atoms with Gasteiger partial charge in [-0.25, -0.2) is 4.98 Å². The van der Waals surface area contributed by atoms with Gasteiger partial charge < -0.3 is 15.3 Å². The van der Waals surface area contributed by atoms with Crippen molar-refractivity contribution in [3.63, 3.8) is 0 Å². The smallest absolute Gasteiger partial charge is 0.245 e. The third-order valence-electron chi connectivity index (χ3n) is 5.54. The van der Waals surface area contributed by atoms with E-state index in [0.717, 1.165) is 30.8 Å². The summed E-state index contributed by atoms with van der Waals surface area (Å²) in [6.07, 6.45) is 7.68. The van der Waals surface area contributed by atoms with Crippen LogP contribution in [0.25, 0.3) is 22.4 Å². The maximum absolute atomic E-state index is 10.4. The highest BCUT2D eigenvalue weighted by molar-refractivity contribution is 5.73. The van der Waals surface area contributed by atoms with Crippen LogP contribution in [0.3, 0.4) is 0 Å². The molecule has 138 valence electrons. The summed E-state index contributed by atoms with van der Waals surface area (Å²) in [7, 11) is 0. The van der Waals surface area contributed by atoms with E-state index >= 15 is 0 Å². The molecule has 0 bridgehead atoms. The van der Waals surface area contributed by atoms with E-state index in [1.54, 1.807) is 24.7 Å². The number of hydrogen-bond acceptors (Lipinski definition) is 7. The van der Waals surface area contributed by atoms with Gasteiger partial charge in [0, 0.05) is 36.5 Å². The molecule has 8 nitrogen and oxygen atoms in total. The third-order valence-corrected chi connectivity index (χ3v) is 5.54. The lowest BCUT2D eigenvalue weighted by molar-refractivity contribution is 0.340. The summed E-state index contributed by atoms with van der Waals surface area (Å²) in [5.74, 6) is 1.47. The van der Waals surface area contributed by atoms with Gasteiger partial charge in [-0.2, -0.15) is 5.10 Å². The fourth-order valence-corrected chi connectivity index (χ4v) is 4.08. The maximum atomic E-state index is 10.4. The van der Waals surface area contributed by atoms with Crippen LogP contribution in [0.15, 0.2) is 36.8 Å². The van der Waals surface area contributed by atoms with E-state index in [2.05, 4.69) is 35.6 Å². The van der Waals surface area contributed by atoms with Crippen LogP contribution in [0, 0.1) is 5.92 Å². The lowest BCUT2D eigenvalue weighted by Gasteiger charge is -2.24. The van der Waals surface area contributed by atoms with Crippen LogP contribution >= 0.6 is 0 Å². The fourth-order valence-electron chi connectivity index (χ4n) is 4.08. The standard InChI is InChI=1S/C19H21N7O/c27-18-6-12(14-7-22-23-8-14)3-4-15(18)16-9-21-19(25-24-16)26-10-13-2-1-5-20-17(13)11-26/h3-4,6-9,13,17,20,27H,1-2,5,10-11H2,(H,22,23)/t13-,17+/m0/s1. The molecule has 3 N–H and O–H groups in total. The fraction of sp³-hybridized carbons (Fsp3) is 0.368. The minimum Gasteiger partial charge on any atom is -0.507 e. The minimum absolute atomic E-state index is 0.147. The molecule has 4 heterocycles. The minimum atomic E-state index is 0.147. The van der Waals surface area contributed by atoms with Crippen molar-refractivity contribution in [1.29, 1.82) is 0 Å². The van der Waals surface area contributed by atoms with Crippen LogP contribution < -0.4 is 10.2 Å². The highest BCUT2D eigenvalue weighted by Gasteiger charge is 2.35. The van der Waals surface area contributed by atoms with Crippen molar-refractivity contribution in [1.82, 2.24) is 30.7 Å². The Labute approximate surface area is 156 Å². The number of aromatic amines is 1. The van der Waals surface area contributed by atoms with Gasteiger partial charge in [0.25, 0.3) is 0 Å². The van der Waals surface area contributed by atoms with Crippen molar-refractivity contribution in [2.45, 2.75) is 18.9 Å². The monoisotopic (exact) mass is 363 g/mol. The SMILES string of the molecule is Oc1cc(-c2cn[nH]c2)ccc1-c1cnc(N2C[C@@H]3CCCN[C@@H]3C2)nn1. The van der Waals surface area contributed by atoms with Gasteiger partial charge in [-0.05, 0) is 43.0 Å². The van der Waals surface area contributed by atoms with Gasteiger partial charge in [-0.1, -0.05) is 6.07 Å². The van der Waals surface area contributed by atoms with Crippen molar-refractivity contribution >= 4 is 5.95 Å². The second-order valence-corrected chi connectivity index (χ2v) is 7.23. The van der Waals surface area contributed by atoms with Gasteiger partial charge in [-0.3, -0.25) is 5.10 Å². The number of nitrogens with one attached hydrogen (secondary N) is 2. The van der Waals surface area contributed by atoms with E-state index in [-0.39, 0.29) is 5.75 Å². The van der Waals surface area contributed by atoms with Crippen molar-refractivity contribution in [3.8, 4) is 28.1 Å². The number of aromatic hydroxyl groups is 1. The molecular weight excluding hydrogens is 342 g/mol. The lowest BCUT2D eigenvalue weighted by atomic mass is 9.94. The predicted molar refractivity (Wildman–Crippen MR) is 101 cm³/mol. The molecule has 2 saturated heterocycles. The van der Waals surface area contributed by atoms with E-state index in [1.165, 1.54) is 12.8 Å². The van der Waals surface area contributed by atoms with Crippen LogP contribution in [-0.4, -0.2) is 56.2 Å². The van der Waals surface area contributed by atoms with Gasteiger partial charge >= 0.3 is 0 Å². The molecule has 0 spiro atoms. The summed E-state index contributed by atoms with van der Waals surface area (Å²) >= 11 is 0. The molecule has 0 saturated carbocycles. The molecule has 0 amide bonds. The molecule has 2 aromatic heterocycles. The second kappa shape index (κ2) is 6.62. The van der Waals surface area contributed by atoms with Gasteiger partial charge in [0.2, 0.25) is 5.95 Å². The molecule has 0 aliphatic carbocycles. The van der Waals surface area contributed by atoms with E-state index in [0.29, 0.717) is 29.2 Å². The Morgan fingerprint density at radius 3 is 2.81 bits per heavy atom. The molecule has 3 aromatic rings. The Kier molecular flexibility index (Phi) is 3.97. The first kappa shape index (κ1) is 16.2. The molecule has 2 aliphatic heterocycles. The van der Waals surface area contributed by atoms with E-state index in [1.807, 2.05) is 12.1 Å². The van der Waals surface area contributed by atoms with Gasteiger partial charge in [-0.15, -0.1) is 10.2 Å². The Morgan fingerprint density at radius 2 is 2.07 bits per heavy atom.